The van der Waals surface area contributed by atoms with Crippen LogP contribution >= 0.6 is 11.8 Å². The number of benzene rings is 2. The molecule has 1 atom stereocenters. The fraction of sp³-hybridized carbons (Fsp3) is 0.200. The molecular formula is C15H15FO2S. The van der Waals surface area contributed by atoms with Crippen LogP contribution in [0.1, 0.15) is 11.7 Å². The number of aliphatic hydroxyl groups is 1. The van der Waals surface area contributed by atoms with Crippen LogP contribution in [0.25, 0.3) is 0 Å². The van der Waals surface area contributed by atoms with Gasteiger partial charge >= 0.3 is 0 Å². The van der Waals surface area contributed by atoms with Crippen molar-refractivity contribution in [2.45, 2.75) is 11.0 Å². The van der Waals surface area contributed by atoms with Gasteiger partial charge in [-0.25, -0.2) is 4.39 Å². The van der Waals surface area contributed by atoms with Gasteiger partial charge in [-0.15, -0.1) is 11.8 Å². The molecule has 0 saturated heterocycles. The van der Waals surface area contributed by atoms with Crippen LogP contribution in [0.4, 0.5) is 4.39 Å². The molecule has 0 aromatic heterocycles. The van der Waals surface area contributed by atoms with Gasteiger partial charge in [-0.3, -0.25) is 0 Å². The smallest absolute Gasteiger partial charge is 0.124 e. The highest BCUT2D eigenvalue weighted by atomic mass is 32.2. The minimum Gasteiger partial charge on any atom is -0.497 e. The second-order valence-corrected chi connectivity index (χ2v) is 5.15. The largest absolute Gasteiger partial charge is 0.497 e. The summed E-state index contributed by atoms with van der Waals surface area (Å²) < 4.78 is 18.1. The number of aliphatic hydroxyl groups excluding tert-OH is 1. The van der Waals surface area contributed by atoms with E-state index in [-0.39, 0.29) is 5.82 Å². The maximum atomic E-state index is 13.0. The van der Waals surface area contributed by atoms with Gasteiger partial charge in [0, 0.05) is 10.6 Å². The minimum atomic E-state index is -0.608. The molecule has 0 amide bonds. The topological polar surface area (TPSA) is 29.5 Å². The molecule has 0 bridgehead atoms. The molecule has 1 unspecified atom stereocenters. The molecule has 0 aliphatic rings. The van der Waals surface area contributed by atoms with Gasteiger partial charge in [0.25, 0.3) is 0 Å². The van der Waals surface area contributed by atoms with Crippen molar-refractivity contribution in [3.63, 3.8) is 0 Å². The fourth-order valence-corrected chi connectivity index (χ4v) is 2.59. The highest BCUT2D eigenvalue weighted by molar-refractivity contribution is 7.99. The molecule has 0 saturated carbocycles. The Hall–Kier alpha value is -1.52. The Balaban J connectivity index is 1.99. The SMILES string of the molecule is COc1cccc(C(O)CSc2cccc(F)c2)c1. The van der Waals surface area contributed by atoms with E-state index in [1.807, 2.05) is 24.3 Å². The molecule has 2 rings (SSSR count). The molecule has 1 N–H and O–H groups in total. The monoisotopic (exact) mass is 278 g/mol. The van der Waals surface area contributed by atoms with Gasteiger partial charge in [0.2, 0.25) is 0 Å². The normalized spacial score (nSPS) is 12.2. The Morgan fingerprint density at radius 1 is 1.21 bits per heavy atom. The molecule has 100 valence electrons. The van der Waals surface area contributed by atoms with Crippen LogP contribution < -0.4 is 4.74 Å². The number of methoxy groups -OCH3 is 1. The Labute approximate surface area is 116 Å². The molecule has 19 heavy (non-hydrogen) atoms. The average Bonchev–Trinajstić information content (AvgIpc) is 2.45. The third kappa shape index (κ3) is 3.98. The lowest BCUT2D eigenvalue weighted by molar-refractivity contribution is 0.203. The summed E-state index contributed by atoms with van der Waals surface area (Å²) in [6, 6.07) is 13.7. The predicted octanol–water partition coefficient (Wildman–Crippen LogP) is 3.66. The standard InChI is InChI=1S/C15H15FO2S/c1-18-13-6-2-4-11(8-13)15(17)10-19-14-7-3-5-12(16)9-14/h2-9,15,17H,10H2,1H3. The summed E-state index contributed by atoms with van der Waals surface area (Å²) in [7, 11) is 1.59. The summed E-state index contributed by atoms with van der Waals surface area (Å²) in [5.41, 5.74) is 0.795. The molecule has 2 nitrogen and oxygen atoms in total. The second kappa shape index (κ2) is 6.59. The number of ether oxygens (including phenoxy) is 1. The van der Waals surface area contributed by atoms with Crippen molar-refractivity contribution in [1.82, 2.24) is 0 Å². The van der Waals surface area contributed by atoms with Crippen molar-refractivity contribution < 1.29 is 14.2 Å². The molecule has 0 fully saturated rings. The van der Waals surface area contributed by atoms with Crippen molar-refractivity contribution in [1.29, 1.82) is 0 Å². The number of halogens is 1. The maximum Gasteiger partial charge on any atom is 0.124 e. The maximum absolute atomic E-state index is 13.0. The van der Waals surface area contributed by atoms with Crippen LogP contribution in [0, 0.1) is 5.82 Å². The zero-order valence-electron chi connectivity index (χ0n) is 10.5. The average molecular weight is 278 g/mol. The van der Waals surface area contributed by atoms with Crippen molar-refractivity contribution in [2.75, 3.05) is 12.9 Å². The first-order valence-electron chi connectivity index (χ1n) is 5.89. The second-order valence-electron chi connectivity index (χ2n) is 4.06. The van der Waals surface area contributed by atoms with E-state index < -0.39 is 6.10 Å². The Kier molecular flexibility index (Phi) is 4.82. The fourth-order valence-electron chi connectivity index (χ4n) is 1.68. The van der Waals surface area contributed by atoms with Crippen molar-refractivity contribution >= 4 is 11.8 Å². The van der Waals surface area contributed by atoms with Crippen LogP contribution in [-0.4, -0.2) is 18.0 Å². The number of hydrogen-bond donors (Lipinski definition) is 1. The quantitative estimate of drug-likeness (QED) is 0.846. The summed E-state index contributed by atoms with van der Waals surface area (Å²) in [6.45, 7) is 0. The summed E-state index contributed by atoms with van der Waals surface area (Å²) >= 11 is 1.42. The van der Waals surface area contributed by atoms with Crippen LogP contribution in [0.3, 0.4) is 0 Å². The van der Waals surface area contributed by atoms with E-state index in [2.05, 4.69) is 0 Å². The van der Waals surface area contributed by atoms with E-state index in [0.717, 1.165) is 10.5 Å². The summed E-state index contributed by atoms with van der Waals surface area (Å²) in [6.07, 6.45) is -0.608. The van der Waals surface area contributed by atoms with Gasteiger partial charge in [-0.05, 0) is 35.9 Å². The van der Waals surface area contributed by atoms with E-state index in [4.69, 9.17) is 4.74 Å². The Bertz CT molecular complexity index is 545. The summed E-state index contributed by atoms with van der Waals surface area (Å²) in [5, 5.41) is 10.1. The van der Waals surface area contributed by atoms with Crippen LogP contribution in [0.5, 0.6) is 5.75 Å². The predicted molar refractivity (Wildman–Crippen MR) is 75.1 cm³/mol. The van der Waals surface area contributed by atoms with Crippen LogP contribution in [-0.2, 0) is 0 Å². The molecule has 0 spiro atoms. The highest BCUT2D eigenvalue weighted by Gasteiger charge is 2.09. The first-order valence-corrected chi connectivity index (χ1v) is 6.88. The number of hydrogen-bond acceptors (Lipinski definition) is 3. The molecule has 2 aromatic rings. The van der Waals surface area contributed by atoms with Gasteiger partial charge in [-0.2, -0.15) is 0 Å². The van der Waals surface area contributed by atoms with Gasteiger partial charge < -0.3 is 9.84 Å². The van der Waals surface area contributed by atoms with Crippen molar-refractivity contribution in [2.24, 2.45) is 0 Å². The van der Waals surface area contributed by atoms with Crippen molar-refractivity contribution in [3.05, 3.63) is 59.9 Å². The van der Waals surface area contributed by atoms with Crippen LogP contribution in [0.2, 0.25) is 0 Å². The molecule has 0 aliphatic heterocycles. The molecule has 0 heterocycles. The number of thioether (sulfide) groups is 1. The summed E-state index contributed by atoms with van der Waals surface area (Å²) in [5.74, 6) is 0.921. The molecule has 4 heteroatoms. The zero-order chi connectivity index (χ0) is 13.7. The Morgan fingerprint density at radius 2 is 2.00 bits per heavy atom. The third-order valence-electron chi connectivity index (χ3n) is 2.68. The molecule has 2 aromatic carbocycles. The van der Waals surface area contributed by atoms with E-state index in [0.29, 0.717) is 11.5 Å². The zero-order valence-corrected chi connectivity index (χ0v) is 11.4. The highest BCUT2D eigenvalue weighted by Crippen LogP contribution is 2.26. The van der Waals surface area contributed by atoms with Gasteiger partial charge in [-0.1, -0.05) is 18.2 Å². The third-order valence-corrected chi connectivity index (χ3v) is 3.75. The Morgan fingerprint density at radius 3 is 2.74 bits per heavy atom. The van der Waals surface area contributed by atoms with E-state index in [1.54, 1.807) is 19.2 Å². The minimum absolute atomic E-state index is 0.263. The van der Waals surface area contributed by atoms with Gasteiger partial charge in [0.05, 0.1) is 13.2 Å². The lowest BCUT2D eigenvalue weighted by Gasteiger charge is -2.11. The lowest BCUT2D eigenvalue weighted by Crippen LogP contribution is -2.00. The van der Waals surface area contributed by atoms with E-state index in [9.17, 15) is 9.50 Å². The first-order chi connectivity index (χ1) is 9.19. The van der Waals surface area contributed by atoms with Crippen molar-refractivity contribution in [3.8, 4) is 5.75 Å². The molecule has 0 radical (unpaired) electrons. The summed E-state index contributed by atoms with van der Waals surface area (Å²) in [4.78, 5) is 0.807. The number of rotatable bonds is 5. The van der Waals surface area contributed by atoms with Gasteiger partial charge in [0.1, 0.15) is 11.6 Å². The molecule has 0 aliphatic carbocycles. The van der Waals surface area contributed by atoms with Gasteiger partial charge in [0.15, 0.2) is 0 Å². The lowest BCUT2D eigenvalue weighted by atomic mass is 10.1. The van der Waals surface area contributed by atoms with Crippen LogP contribution in [0.15, 0.2) is 53.4 Å². The first kappa shape index (κ1) is 13.9. The molecular weight excluding hydrogens is 263 g/mol. The van der Waals surface area contributed by atoms with E-state index in [1.165, 1.54) is 23.9 Å². The van der Waals surface area contributed by atoms with E-state index >= 15 is 0 Å².